The van der Waals surface area contributed by atoms with Gasteiger partial charge in [0.05, 0.1) is 21.8 Å². The highest BCUT2D eigenvalue weighted by molar-refractivity contribution is 8.00. The number of carbonyl (C=O) groups excluding carboxylic acids is 1. The van der Waals surface area contributed by atoms with Crippen LogP contribution in [0.4, 0.5) is 0 Å². The third-order valence-electron chi connectivity index (χ3n) is 5.01. The second-order valence-electron chi connectivity index (χ2n) is 6.87. The summed E-state index contributed by atoms with van der Waals surface area (Å²) in [5.74, 6) is 0.0438. The number of rotatable bonds is 7. The molecule has 146 valence electrons. The van der Waals surface area contributed by atoms with E-state index in [1.165, 1.54) is 17.3 Å². The molecule has 2 N–H and O–H groups in total. The number of fused-ring (bicyclic) bond motifs is 1. The van der Waals surface area contributed by atoms with Gasteiger partial charge in [-0.1, -0.05) is 56.8 Å². The third-order valence-corrected chi connectivity index (χ3v) is 6.35. The maximum Gasteiger partial charge on any atom is 0.266 e. The van der Waals surface area contributed by atoms with Crippen molar-refractivity contribution in [2.45, 2.75) is 49.9 Å². The number of primary amides is 1. The summed E-state index contributed by atoms with van der Waals surface area (Å²) in [6, 6.07) is 15.2. The Morgan fingerprint density at radius 3 is 2.39 bits per heavy atom. The zero-order valence-corrected chi connectivity index (χ0v) is 17.2. The van der Waals surface area contributed by atoms with Gasteiger partial charge >= 0.3 is 0 Å². The minimum Gasteiger partial charge on any atom is -0.369 e. The average molecular weight is 396 g/mol. The number of carbonyl (C=O) groups is 1. The number of hydrogen-bond acceptors (Lipinski definition) is 4. The molecule has 0 aliphatic rings. The molecule has 0 saturated heterocycles. The van der Waals surface area contributed by atoms with Crippen LogP contribution in [0.15, 0.2) is 58.5 Å². The molecule has 0 spiro atoms. The maximum atomic E-state index is 13.3. The first-order valence-corrected chi connectivity index (χ1v) is 10.4. The van der Waals surface area contributed by atoms with E-state index in [1.807, 2.05) is 49.4 Å². The largest absolute Gasteiger partial charge is 0.369 e. The molecule has 0 saturated carbocycles. The standard InChI is InChI=1S/C22H25N3O2S/c1-4-14(3)15-10-12-16(13-11-15)25-21(27)17-8-6-7-9-18(17)24-22(25)28-19(5-2)20(23)26/h6-14,19H,4-5H2,1-3H3,(H2,23,26). The number of amides is 1. The fourth-order valence-electron chi connectivity index (χ4n) is 3.08. The Morgan fingerprint density at radius 1 is 1.11 bits per heavy atom. The molecule has 0 bridgehead atoms. The van der Waals surface area contributed by atoms with Crippen molar-refractivity contribution in [2.75, 3.05) is 0 Å². The molecule has 28 heavy (non-hydrogen) atoms. The number of aromatic nitrogens is 2. The molecule has 0 radical (unpaired) electrons. The van der Waals surface area contributed by atoms with E-state index in [-0.39, 0.29) is 5.56 Å². The summed E-state index contributed by atoms with van der Waals surface area (Å²) in [5.41, 5.74) is 7.95. The third kappa shape index (κ3) is 3.97. The van der Waals surface area contributed by atoms with Gasteiger partial charge in [0.1, 0.15) is 0 Å². The lowest BCUT2D eigenvalue weighted by molar-refractivity contribution is -0.117. The molecule has 5 nitrogen and oxygen atoms in total. The van der Waals surface area contributed by atoms with Crippen LogP contribution in [-0.4, -0.2) is 20.7 Å². The molecule has 1 heterocycles. The van der Waals surface area contributed by atoms with Gasteiger partial charge in [0, 0.05) is 0 Å². The first-order valence-electron chi connectivity index (χ1n) is 9.54. The molecular formula is C22H25N3O2S. The molecule has 0 aliphatic carbocycles. The minimum absolute atomic E-state index is 0.149. The van der Waals surface area contributed by atoms with Gasteiger partial charge in [0.2, 0.25) is 5.91 Å². The van der Waals surface area contributed by atoms with E-state index in [4.69, 9.17) is 5.73 Å². The summed E-state index contributed by atoms with van der Waals surface area (Å²) in [4.78, 5) is 29.7. The van der Waals surface area contributed by atoms with Gasteiger partial charge < -0.3 is 5.73 Å². The molecule has 3 rings (SSSR count). The summed E-state index contributed by atoms with van der Waals surface area (Å²) in [6.45, 7) is 6.23. The first-order chi connectivity index (χ1) is 13.5. The zero-order valence-electron chi connectivity index (χ0n) is 16.4. The number of nitrogens with two attached hydrogens (primary N) is 1. The van der Waals surface area contributed by atoms with Crippen LogP contribution in [0, 0.1) is 0 Å². The molecule has 1 aromatic heterocycles. The fraction of sp³-hybridized carbons (Fsp3) is 0.318. The van der Waals surface area contributed by atoms with Gasteiger partial charge in [0.25, 0.3) is 5.56 Å². The normalized spacial score (nSPS) is 13.4. The molecule has 6 heteroatoms. The van der Waals surface area contributed by atoms with Crippen LogP contribution in [0.3, 0.4) is 0 Å². The highest BCUT2D eigenvalue weighted by Crippen LogP contribution is 2.27. The predicted molar refractivity (Wildman–Crippen MR) is 115 cm³/mol. The maximum absolute atomic E-state index is 13.3. The summed E-state index contributed by atoms with van der Waals surface area (Å²) < 4.78 is 1.58. The van der Waals surface area contributed by atoms with Crippen LogP contribution in [-0.2, 0) is 4.79 Å². The number of nitrogens with zero attached hydrogens (tertiary/aromatic N) is 2. The first kappa shape index (κ1) is 20.1. The van der Waals surface area contributed by atoms with E-state index in [0.29, 0.717) is 28.4 Å². The Kier molecular flexibility index (Phi) is 6.19. The van der Waals surface area contributed by atoms with E-state index >= 15 is 0 Å². The summed E-state index contributed by atoms with van der Waals surface area (Å²) in [5, 5.41) is 0.578. The van der Waals surface area contributed by atoms with Gasteiger partial charge in [-0.05, 0) is 48.6 Å². The zero-order chi connectivity index (χ0) is 20.3. The van der Waals surface area contributed by atoms with Crippen molar-refractivity contribution in [3.63, 3.8) is 0 Å². The predicted octanol–water partition coefficient (Wildman–Crippen LogP) is 4.26. The van der Waals surface area contributed by atoms with E-state index in [2.05, 4.69) is 18.8 Å². The van der Waals surface area contributed by atoms with Crippen molar-refractivity contribution in [1.29, 1.82) is 0 Å². The van der Waals surface area contributed by atoms with Crippen molar-refractivity contribution in [3.8, 4) is 5.69 Å². The Bertz CT molecular complexity index is 1040. The van der Waals surface area contributed by atoms with Crippen molar-refractivity contribution in [1.82, 2.24) is 9.55 Å². The van der Waals surface area contributed by atoms with Crippen LogP contribution < -0.4 is 11.3 Å². The van der Waals surface area contributed by atoms with Gasteiger partial charge in [0.15, 0.2) is 5.16 Å². The second kappa shape index (κ2) is 8.61. The number of para-hydroxylation sites is 1. The van der Waals surface area contributed by atoms with E-state index in [0.717, 1.165) is 12.1 Å². The summed E-state index contributed by atoms with van der Waals surface area (Å²) in [6.07, 6.45) is 1.62. The Hall–Kier alpha value is -2.60. The van der Waals surface area contributed by atoms with Gasteiger partial charge in [-0.15, -0.1) is 0 Å². The lowest BCUT2D eigenvalue weighted by atomic mass is 9.98. The highest BCUT2D eigenvalue weighted by atomic mass is 32.2. The van der Waals surface area contributed by atoms with Gasteiger partial charge in [-0.25, -0.2) is 4.98 Å². The van der Waals surface area contributed by atoms with E-state index in [1.54, 1.807) is 10.6 Å². The monoisotopic (exact) mass is 395 g/mol. The molecule has 3 aromatic rings. The Morgan fingerprint density at radius 2 is 1.79 bits per heavy atom. The number of hydrogen-bond donors (Lipinski definition) is 1. The van der Waals surface area contributed by atoms with Crippen LogP contribution in [0.5, 0.6) is 0 Å². The quantitative estimate of drug-likeness (QED) is 0.479. The van der Waals surface area contributed by atoms with Crippen molar-refractivity contribution in [2.24, 2.45) is 5.73 Å². The van der Waals surface area contributed by atoms with Crippen molar-refractivity contribution in [3.05, 3.63) is 64.4 Å². The second-order valence-corrected chi connectivity index (χ2v) is 8.04. The van der Waals surface area contributed by atoms with Crippen LogP contribution >= 0.6 is 11.8 Å². The smallest absolute Gasteiger partial charge is 0.266 e. The van der Waals surface area contributed by atoms with Crippen LogP contribution in [0.25, 0.3) is 16.6 Å². The lowest BCUT2D eigenvalue weighted by Crippen LogP contribution is -2.28. The molecule has 2 aromatic carbocycles. The van der Waals surface area contributed by atoms with Crippen molar-refractivity contribution < 1.29 is 4.79 Å². The summed E-state index contributed by atoms with van der Waals surface area (Å²) >= 11 is 1.24. The van der Waals surface area contributed by atoms with E-state index < -0.39 is 11.2 Å². The van der Waals surface area contributed by atoms with Crippen LogP contribution in [0.1, 0.15) is 45.1 Å². The van der Waals surface area contributed by atoms with E-state index in [9.17, 15) is 9.59 Å². The minimum atomic E-state index is -0.446. The van der Waals surface area contributed by atoms with Gasteiger partial charge in [-0.3, -0.25) is 14.2 Å². The van der Waals surface area contributed by atoms with Gasteiger partial charge in [-0.2, -0.15) is 0 Å². The highest BCUT2D eigenvalue weighted by Gasteiger charge is 2.20. The molecule has 2 unspecified atom stereocenters. The van der Waals surface area contributed by atoms with Crippen LogP contribution in [0.2, 0.25) is 0 Å². The molecule has 1 amide bonds. The topological polar surface area (TPSA) is 78.0 Å². The summed E-state index contributed by atoms with van der Waals surface area (Å²) in [7, 11) is 0. The Labute approximate surface area is 169 Å². The molecule has 2 atom stereocenters. The Balaban J connectivity index is 2.18. The number of benzene rings is 2. The SMILES string of the molecule is CCC(Sc1nc2ccccc2c(=O)n1-c1ccc(C(C)CC)cc1)C(N)=O. The number of thioether (sulfide) groups is 1. The van der Waals surface area contributed by atoms with Crippen molar-refractivity contribution >= 4 is 28.6 Å². The molecule has 0 fully saturated rings. The molecule has 0 aliphatic heterocycles. The molecular weight excluding hydrogens is 370 g/mol. The fourth-order valence-corrected chi connectivity index (χ4v) is 4.06. The average Bonchev–Trinajstić information content (AvgIpc) is 2.71. The lowest BCUT2D eigenvalue weighted by Gasteiger charge is -2.17.